The summed E-state index contributed by atoms with van der Waals surface area (Å²) >= 11 is 12.0. The highest BCUT2D eigenvalue weighted by atomic mass is 35.5. The molecule has 0 spiro atoms. The lowest BCUT2D eigenvalue weighted by Crippen LogP contribution is -2.36. The molecule has 0 atom stereocenters. The van der Waals surface area contributed by atoms with Gasteiger partial charge >= 0.3 is 0 Å². The number of benzene rings is 2. The van der Waals surface area contributed by atoms with Crippen LogP contribution in [0.2, 0.25) is 10.0 Å². The summed E-state index contributed by atoms with van der Waals surface area (Å²) in [6, 6.07) is 14.7. The quantitative estimate of drug-likeness (QED) is 0.586. The SMILES string of the molecule is O=C(CCOc1ccccc1Cl)N1CCc2c(noc2-c2ccc(Cl)cc2)C1. The van der Waals surface area contributed by atoms with Gasteiger partial charge in [-0.2, -0.15) is 0 Å². The molecule has 0 bridgehead atoms. The second-order valence-corrected chi connectivity index (χ2v) is 7.38. The summed E-state index contributed by atoms with van der Waals surface area (Å²) in [6.07, 6.45) is 0.982. The minimum atomic E-state index is 0.0220. The van der Waals surface area contributed by atoms with E-state index in [9.17, 15) is 4.79 Å². The van der Waals surface area contributed by atoms with Crippen LogP contribution in [0.1, 0.15) is 17.7 Å². The molecule has 0 fully saturated rings. The standard InChI is InChI=1S/C21H18Cl2N2O3/c22-15-7-5-14(6-8-15)21-16-9-11-25(13-18(16)24-28-21)20(26)10-12-27-19-4-2-1-3-17(19)23/h1-8H,9-13H2. The number of amides is 1. The zero-order valence-electron chi connectivity index (χ0n) is 15.0. The fraction of sp³-hybridized carbons (Fsp3) is 0.238. The van der Waals surface area contributed by atoms with E-state index in [0.717, 1.165) is 22.6 Å². The molecule has 0 saturated carbocycles. The smallest absolute Gasteiger partial charge is 0.226 e. The molecule has 1 aliphatic heterocycles. The van der Waals surface area contributed by atoms with E-state index in [1.807, 2.05) is 36.4 Å². The molecule has 0 N–H and O–H groups in total. The van der Waals surface area contributed by atoms with E-state index in [1.54, 1.807) is 17.0 Å². The first-order chi connectivity index (χ1) is 13.6. The molecule has 4 rings (SSSR count). The first-order valence-corrected chi connectivity index (χ1v) is 9.76. The Morgan fingerprint density at radius 3 is 2.71 bits per heavy atom. The molecule has 0 unspecified atom stereocenters. The molecule has 1 aromatic heterocycles. The van der Waals surface area contributed by atoms with Crippen molar-refractivity contribution in [1.29, 1.82) is 0 Å². The number of ether oxygens (including phenoxy) is 1. The van der Waals surface area contributed by atoms with Crippen molar-refractivity contribution in [2.24, 2.45) is 0 Å². The molecule has 5 nitrogen and oxygen atoms in total. The molecule has 7 heteroatoms. The van der Waals surface area contributed by atoms with E-state index < -0.39 is 0 Å². The predicted molar refractivity (Wildman–Crippen MR) is 108 cm³/mol. The number of rotatable bonds is 5. The first-order valence-electron chi connectivity index (χ1n) is 9.00. The van der Waals surface area contributed by atoms with Crippen LogP contribution in [0.5, 0.6) is 5.75 Å². The summed E-state index contributed by atoms with van der Waals surface area (Å²) in [4.78, 5) is 14.3. The maximum absolute atomic E-state index is 12.5. The summed E-state index contributed by atoms with van der Waals surface area (Å²) in [5.41, 5.74) is 2.79. The number of aromatic nitrogens is 1. The Morgan fingerprint density at radius 1 is 1.14 bits per heavy atom. The number of fused-ring (bicyclic) bond motifs is 1. The minimum absolute atomic E-state index is 0.0220. The summed E-state index contributed by atoms with van der Waals surface area (Å²) in [5.74, 6) is 1.36. The van der Waals surface area contributed by atoms with Crippen LogP contribution in [0.4, 0.5) is 0 Å². The number of hydrogen-bond acceptors (Lipinski definition) is 4. The van der Waals surface area contributed by atoms with Crippen molar-refractivity contribution in [3.8, 4) is 17.1 Å². The largest absolute Gasteiger partial charge is 0.491 e. The molecule has 2 heterocycles. The number of para-hydroxylation sites is 1. The van der Waals surface area contributed by atoms with Gasteiger partial charge in [0.2, 0.25) is 5.91 Å². The van der Waals surface area contributed by atoms with Crippen LogP contribution in [0.3, 0.4) is 0 Å². The van der Waals surface area contributed by atoms with Gasteiger partial charge in [0.25, 0.3) is 0 Å². The molecule has 0 saturated heterocycles. The fourth-order valence-corrected chi connectivity index (χ4v) is 3.56. The molecule has 144 valence electrons. The second-order valence-electron chi connectivity index (χ2n) is 6.54. The summed E-state index contributed by atoms with van der Waals surface area (Å²) in [5, 5.41) is 5.39. The number of halogens is 2. The van der Waals surface area contributed by atoms with Gasteiger partial charge in [-0.05, 0) is 42.8 Å². The Bertz CT molecular complexity index is 986. The first kappa shape index (κ1) is 18.8. The van der Waals surface area contributed by atoms with E-state index >= 15 is 0 Å². The number of carbonyl (C=O) groups is 1. The van der Waals surface area contributed by atoms with Crippen LogP contribution in [0.25, 0.3) is 11.3 Å². The summed E-state index contributed by atoms with van der Waals surface area (Å²) < 4.78 is 11.2. The van der Waals surface area contributed by atoms with E-state index in [4.69, 9.17) is 32.5 Å². The molecule has 1 aliphatic rings. The van der Waals surface area contributed by atoms with Crippen LogP contribution in [-0.4, -0.2) is 29.1 Å². The highest BCUT2D eigenvalue weighted by Gasteiger charge is 2.27. The monoisotopic (exact) mass is 416 g/mol. The van der Waals surface area contributed by atoms with Gasteiger partial charge in [0.15, 0.2) is 5.76 Å². The van der Waals surface area contributed by atoms with Gasteiger partial charge < -0.3 is 14.2 Å². The van der Waals surface area contributed by atoms with Gasteiger partial charge in [-0.1, -0.05) is 40.5 Å². The van der Waals surface area contributed by atoms with Crippen LogP contribution < -0.4 is 4.74 Å². The number of hydrogen-bond donors (Lipinski definition) is 0. The van der Waals surface area contributed by atoms with Crippen molar-refractivity contribution in [2.75, 3.05) is 13.2 Å². The molecule has 0 radical (unpaired) electrons. The van der Waals surface area contributed by atoms with Crippen molar-refractivity contribution in [3.63, 3.8) is 0 Å². The topological polar surface area (TPSA) is 55.6 Å². The second kappa shape index (κ2) is 8.25. The molecule has 0 aliphatic carbocycles. The number of nitrogens with zero attached hydrogens (tertiary/aromatic N) is 2. The van der Waals surface area contributed by atoms with E-state index in [0.29, 0.717) is 35.3 Å². The average Bonchev–Trinajstić information content (AvgIpc) is 3.13. The van der Waals surface area contributed by atoms with Crippen molar-refractivity contribution < 1.29 is 14.1 Å². The molecule has 2 aromatic carbocycles. The van der Waals surface area contributed by atoms with Crippen LogP contribution in [0, 0.1) is 0 Å². The highest BCUT2D eigenvalue weighted by Crippen LogP contribution is 2.31. The van der Waals surface area contributed by atoms with Gasteiger partial charge in [0.05, 0.1) is 24.6 Å². The van der Waals surface area contributed by atoms with Crippen LogP contribution in [-0.2, 0) is 17.8 Å². The zero-order valence-corrected chi connectivity index (χ0v) is 16.5. The van der Waals surface area contributed by atoms with Gasteiger partial charge in [0.1, 0.15) is 11.4 Å². The summed E-state index contributed by atoms with van der Waals surface area (Å²) in [7, 11) is 0. The van der Waals surface area contributed by atoms with Crippen molar-refractivity contribution in [3.05, 3.63) is 69.8 Å². The molecule has 28 heavy (non-hydrogen) atoms. The Labute approximate surface area is 172 Å². The number of carbonyl (C=O) groups excluding carboxylic acids is 1. The van der Waals surface area contributed by atoms with Crippen LogP contribution >= 0.6 is 23.2 Å². The highest BCUT2D eigenvalue weighted by molar-refractivity contribution is 6.32. The Kier molecular flexibility index (Phi) is 5.55. The van der Waals surface area contributed by atoms with E-state index in [2.05, 4.69) is 5.16 Å². The lowest BCUT2D eigenvalue weighted by molar-refractivity contribution is -0.132. The summed E-state index contributed by atoms with van der Waals surface area (Å²) in [6.45, 7) is 1.35. The Hall–Kier alpha value is -2.50. The van der Waals surface area contributed by atoms with E-state index in [-0.39, 0.29) is 18.9 Å². The van der Waals surface area contributed by atoms with Gasteiger partial charge in [-0.25, -0.2) is 0 Å². The van der Waals surface area contributed by atoms with Crippen molar-refractivity contribution >= 4 is 29.1 Å². The Balaban J connectivity index is 1.37. The molecule has 3 aromatic rings. The van der Waals surface area contributed by atoms with Crippen molar-refractivity contribution in [1.82, 2.24) is 10.1 Å². The van der Waals surface area contributed by atoms with Gasteiger partial charge in [-0.3, -0.25) is 4.79 Å². The van der Waals surface area contributed by atoms with Crippen molar-refractivity contribution in [2.45, 2.75) is 19.4 Å². The van der Waals surface area contributed by atoms with Gasteiger partial charge in [-0.15, -0.1) is 0 Å². The molecular formula is C21H18Cl2N2O3. The average molecular weight is 417 g/mol. The maximum atomic E-state index is 12.5. The third-order valence-corrected chi connectivity index (χ3v) is 5.28. The maximum Gasteiger partial charge on any atom is 0.226 e. The minimum Gasteiger partial charge on any atom is -0.491 e. The zero-order chi connectivity index (χ0) is 19.5. The van der Waals surface area contributed by atoms with Crippen LogP contribution in [0.15, 0.2) is 53.1 Å². The fourth-order valence-electron chi connectivity index (χ4n) is 3.24. The third kappa shape index (κ3) is 4.01. The lowest BCUT2D eigenvalue weighted by Gasteiger charge is -2.26. The normalized spacial score (nSPS) is 13.3. The third-order valence-electron chi connectivity index (χ3n) is 4.71. The molecular weight excluding hydrogens is 399 g/mol. The van der Waals surface area contributed by atoms with Gasteiger partial charge in [0, 0.05) is 22.7 Å². The molecule has 1 amide bonds. The predicted octanol–water partition coefficient (Wildman–Crippen LogP) is 5.00. The lowest BCUT2D eigenvalue weighted by atomic mass is 10.0. The Morgan fingerprint density at radius 2 is 1.93 bits per heavy atom. The van der Waals surface area contributed by atoms with E-state index in [1.165, 1.54) is 0 Å².